The zero-order valence-corrected chi connectivity index (χ0v) is 10.0. The molecule has 0 saturated heterocycles. The molecule has 0 aliphatic carbocycles. The Labute approximate surface area is 103 Å². The average Bonchev–Trinajstić information content (AvgIpc) is 2.28. The van der Waals surface area contributed by atoms with Gasteiger partial charge < -0.3 is 10.4 Å². The molecule has 7 nitrogen and oxygen atoms in total. The number of aromatic nitrogens is 1. The van der Waals surface area contributed by atoms with Crippen LogP contribution in [-0.4, -0.2) is 27.5 Å². The predicted octanol–water partition coefficient (Wildman–Crippen LogP) is 2.07. The Morgan fingerprint density at radius 3 is 2.78 bits per heavy atom. The Balaban J connectivity index is 2.97. The summed E-state index contributed by atoms with van der Waals surface area (Å²) in [6, 6.07) is 1.15. The zero-order valence-electron chi connectivity index (χ0n) is 10.0. The highest BCUT2D eigenvalue weighted by molar-refractivity contribution is 5.93. The van der Waals surface area contributed by atoms with Gasteiger partial charge in [0.25, 0.3) is 0 Å². The number of rotatable bonds is 5. The van der Waals surface area contributed by atoms with Crippen LogP contribution in [0.15, 0.2) is 23.9 Å². The minimum Gasteiger partial charge on any atom is -0.477 e. The van der Waals surface area contributed by atoms with E-state index >= 15 is 0 Å². The molecule has 0 spiro atoms. The van der Waals surface area contributed by atoms with Crippen LogP contribution in [0.3, 0.4) is 0 Å². The van der Waals surface area contributed by atoms with Crippen molar-refractivity contribution in [2.75, 3.05) is 11.9 Å². The van der Waals surface area contributed by atoms with Crippen molar-refractivity contribution in [1.82, 2.24) is 4.98 Å². The monoisotopic (exact) mass is 251 g/mol. The molecule has 0 aliphatic heterocycles. The van der Waals surface area contributed by atoms with Crippen molar-refractivity contribution in [2.24, 2.45) is 0 Å². The maximum absolute atomic E-state index is 10.9. The summed E-state index contributed by atoms with van der Waals surface area (Å²) in [4.78, 5) is 24.5. The number of pyridine rings is 1. The van der Waals surface area contributed by atoms with Crippen molar-refractivity contribution in [1.29, 1.82) is 0 Å². The predicted molar refractivity (Wildman–Crippen MR) is 65.8 cm³/mol. The Hall–Kier alpha value is -2.44. The van der Waals surface area contributed by atoms with Crippen molar-refractivity contribution in [3.8, 4) is 0 Å². The third kappa shape index (κ3) is 3.55. The van der Waals surface area contributed by atoms with Gasteiger partial charge in [-0.2, -0.15) is 0 Å². The molecule has 1 rings (SSSR count). The van der Waals surface area contributed by atoms with Crippen LogP contribution >= 0.6 is 0 Å². The van der Waals surface area contributed by atoms with Gasteiger partial charge in [0.05, 0.1) is 4.92 Å². The van der Waals surface area contributed by atoms with E-state index in [9.17, 15) is 14.9 Å². The smallest absolute Gasteiger partial charge is 0.342 e. The van der Waals surface area contributed by atoms with Gasteiger partial charge >= 0.3 is 11.7 Å². The van der Waals surface area contributed by atoms with Crippen LogP contribution in [-0.2, 0) is 0 Å². The number of nitrogens with zero attached hydrogens (tertiary/aromatic N) is 2. The second-order valence-corrected chi connectivity index (χ2v) is 3.81. The summed E-state index contributed by atoms with van der Waals surface area (Å²) < 4.78 is 0. The summed E-state index contributed by atoms with van der Waals surface area (Å²) in [6.45, 7) is 4.33. The van der Waals surface area contributed by atoms with Crippen LogP contribution in [0.25, 0.3) is 0 Å². The van der Waals surface area contributed by atoms with E-state index in [1.165, 1.54) is 0 Å². The van der Waals surface area contributed by atoms with Gasteiger partial charge in [0.2, 0.25) is 0 Å². The minimum atomic E-state index is -1.35. The second-order valence-electron chi connectivity index (χ2n) is 3.81. The third-order valence-electron chi connectivity index (χ3n) is 2.10. The molecule has 1 aromatic heterocycles. The third-order valence-corrected chi connectivity index (χ3v) is 2.10. The van der Waals surface area contributed by atoms with Crippen molar-refractivity contribution in [2.45, 2.75) is 13.8 Å². The number of carbonyl (C=O) groups is 1. The van der Waals surface area contributed by atoms with E-state index in [-0.39, 0.29) is 11.4 Å². The number of nitro groups is 1. The highest BCUT2D eigenvalue weighted by atomic mass is 16.6. The van der Waals surface area contributed by atoms with E-state index in [1.807, 2.05) is 19.9 Å². The van der Waals surface area contributed by atoms with E-state index in [0.29, 0.717) is 6.54 Å². The Kier molecular flexibility index (Phi) is 4.36. The molecule has 1 heterocycles. The lowest BCUT2D eigenvalue weighted by Gasteiger charge is -2.04. The number of hydrogen-bond acceptors (Lipinski definition) is 5. The molecule has 0 radical (unpaired) electrons. The minimum absolute atomic E-state index is 0.288. The molecule has 0 amide bonds. The van der Waals surface area contributed by atoms with E-state index in [1.54, 1.807) is 0 Å². The quantitative estimate of drug-likeness (QED) is 0.471. The SMILES string of the molecule is CC(C)=CCNc1cc(C(=O)O)c([N+](=O)[O-])cn1. The maximum Gasteiger partial charge on any atom is 0.342 e. The fraction of sp³-hybridized carbons (Fsp3) is 0.273. The van der Waals surface area contributed by atoms with Crippen molar-refractivity contribution < 1.29 is 14.8 Å². The van der Waals surface area contributed by atoms with E-state index in [2.05, 4.69) is 10.3 Å². The number of aromatic carboxylic acids is 1. The van der Waals surface area contributed by atoms with E-state index in [0.717, 1.165) is 17.8 Å². The highest BCUT2D eigenvalue weighted by Gasteiger charge is 2.20. The first-order valence-electron chi connectivity index (χ1n) is 5.16. The summed E-state index contributed by atoms with van der Waals surface area (Å²) in [5.41, 5.74) is 0.202. The lowest BCUT2D eigenvalue weighted by atomic mass is 10.2. The number of carboxylic acid groups (broad SMARTS) is 1. The molecule has 0 fully saturated rings. The molecule has 0 saturated carbocycles. The first-order valence-corrected chi connectivity index (χ1v) is 5.16. The van der Waals surface area contributed by atoms with Crippen LogP contribution in [0, 0.1) is 10.1 Å². The second kappa shape index (κ2) is 5.76. The molecule has 0 atom stereocenters. The average molecular weight is 251 g/mol. The number of hydrogen-bond donors (Lipinski definition) is 2. The largest absolute Gasteiger partial charge is 0.477 e. The topological polar surface area (TPSA) is 105 Å². The summed E-state index contributed by atoms with van der Waals surface area (Å²) in [6.07, 6.45) is 2.83. The van der Waals surface area contributed by atoms with E-state index in [4.69, 9.17) is 5.11 Å². The normalized spacial score (nSPS) is 9.67. The maximum atomic E-state index is 10.9. The lowest BCUT2D eigenvalue weighted by Crippen LogP contribution is -2.07. The Morgan fingerprint density at radius 2 is 2.28 bits per heavy atom. The van der Waals surface area contributed by atoms with Crippen molar-refractivity contribution in [3.63, 3.8) is 0 Å². The molecular formula is C11H13N3O4. The van der Waals surface area contributed by atoms with Crippen LogP contribution in [0.1, 0.15) is 24.2 Å². The molecule has 7 heteroatoms. The van der Waals surface area contributed by atoms with Crippen molar-refractivity contribution >= 4 is 17.5 Å². The van der Waals surface area contributed by atoms with Gasteiger partial charge in [0, 0.05) is 12.6 Å². The lowest BCUT2D eigenvalue weighted by molar-refractivity contribution is -0.385. The Morgan fingerprint density at radius 1 is 1.61 bits per heavy atom. The number of allylic oxidation sites excluding steroid dienone is 1. The van der Waals surface area contributed by atoms with E-state index < -0.39 is 16.6 Å². The van der Waals surface area contributed by atoms with Crippen LogP contribution < -0.4 is 5.32 Å². The molecule has 2 N–H and O–H groups in total. The summed E-state index contributed by atoms with van der Waals surface area (Å²) >= 11 is 0. The molecule has 0 bridgehead atoms. The Bertz CT molecular complexity index is 507. The van der Waals surface area contributed by atoms with Gasteiger partial charge in [0.1, 0.15) is 17.6 Å². The van der Waals surface area contributed by atoms with Crippen LogP contribution in [0.4, 0.5) is 11.5 Å². The first kappa shape index (κ1) is 13.6. The molecule has 18 heavy (non-hydrogen) atoms. The van der Waals surface area contributed by atoms with Gasteiger partial charge in [-0.1, -0.05) is 11.6 Å². The van der Waals surface area contributed by atoms with Gasteiger partial charge in [-0.15, -0.1) is 0 Å². The molecule has 0 aromatic carbocycles. The highest BCUT2D eigenvalue weighted by Crippen LogP contribution is 2.20. The summed E-state index contributed by atoms with van der Waals surface area (Å²) in [5, 5.41) is 22.4. The summed E-state index contributed by atoms with van der Waals surface area (Å²) in [7, 11) is 0. The molecule has 0 aliphatic rings. The van der Waals surface area contributed by atoms with Gasteiger partial charge in [-0.25, -0.2) is 9.78 Å². The fourth-order valence-electron chi connectivity index (χ4n) is 1.22. The number of nitrogens with one attached hydrogen (secondary N) is 1. The molecule has 0 unspecified atom stereocenters. The molecule has 96 valence electrons. The van der Waals surface area contributed by atoms with Crippen LogP contribution in [0.2, 0.25) is 0 Å². The number of anilines is 1. The van der Waals surface area contributed by atoms with Gasteiger partial charge in [-0.05, 0) is 13.8 Å². The standard InChI is InChI=1S/C11H13N3O4/c1-7(2)3-4-12-10-5-8(11(15)16)9(6-13-10)14(17)18/h3,5-6H,4H2,1-2H3,(H,12,13)(H,15,16). The first-order chi connectivity index (χ1) is 8.41. The van der Waals surface area contributed by atoms with Crippen molar-refractivity contribution in [3.05, 3.63) is 39.6 Å². The fourth-order valence-corrected chi connectivity index (χ4v) is 1.22. The number of carboxylic acids is 1. The molecular weight excluding hydrogens is 238 g/mol. The molecule has 1 aromatic rings. The van der Waals surface area contributed by atoms with Gasteiger partial charge in [-0.3, -0.25) is 10.1 Å². The van der Waals surface area contributed by atoms with Crippen LogP contribution in [0.5, 0.6) is 0 Å². The summed E-state index contributed by atoms with van der Waals surface area (Å²) in [5.74, 6) is -1.06. The van der Waals surface area contributed by atoms with Gasteiger partial charge in [0.15, 0.2) is 0 Å². The zero-order chi connectivity index (χ0) is 13.7.